The fourth-order valence-corrected chi connectivity index (χ4v) is 5.69. The van der Waals surface area contributed by atoms with Gasteiger partial charge >= 0.3 is 0 Å². The molecule has 4 rings (SSSR count). The van der Waals surface area contributed by atoms with Crippen LogP contribution >= 0.6 is 11.3 Å². The summed E-state index contributed by atoms with van der Waals surface area (Å²) in [6.45, 7) is 11.6. The average molecular weight is 483 g/mol. The first-order chi connectivity index (χ1) is 16.3. The molecule has 2 heterocycles. The van der Waals surface area contributed by atoms with Crippen LogP contribution in [0.15, 0.2) is 36.4 Å². The number of amides is 2. The van der Waals surface area contributed by atoms with Gasteiger partial charge in [-0.2, -0.15) is 0 Å². The molecule has 1 aromatic heterocycles. The van der Waals surface area contributed by atoms with E-state index in [-0.39, 0.29) is 30.6 Å². The fourth-order valence-electron chi connectivity index (χ4n) is 4.52. The van der Waals surface area contributed by atoms with Crippen LogP contribution in [0.3, 0.4) is 0 Å². The minimum absolute atomic E-state index is 0.0847. The molecule has 0 spiro atoms. The van der Waals surface area contributed by atoms with Gasteiger partial charge in [0.15, 0.2) is 5.13 Å². The molecule has 2 aromatic carbocycles. The van der Waals surface area contributed by atoms with Crippen molar-refractivity contribution in [2.75, 3.05) is 42.5 Å². The van der Waals surface area contributed by atoms with E-state index in [1.54, 1.807) is 21.9 Å². The monoisotopic (exact) mass is 482 g/mol. The summed E-state index contributed by atoms with van der Waals surface area (Å²) in [5.41, 5.74) is 3.79. The van der Waals surface area contributed by atoms with Crippen LogP contribution in [0, 0.1) is 25.6 Å². The Morgan fingerprint density at radius 1 is 1.15 bits per heavy atom. The Morgan fingerprint density at radius 2 is 1.85 bits per heavy atom. The molecule has 34 heavy (non-hydrogen) atoms. The molecule has 1 saturated heterocycles. The van der Waals surface area contributed by atoms with Crippen molar-refractivity contribution in [2.45, 2.75) is 34.1 Å². The molecule has 2 amide bonds. The predicted octanol–water partition coefficient (Wildman–Crippen LogP) is 4.78. The van der Waals surface area contributed by atoms with Gasteiger partial charge in [0, 0.05) is 31.7 Å². The van der Waals surface area contributed by atoms with Crippen molar-refractivity contribution in [3.05, 3.63) is 53.3 Å². The van der Waals surface area contributed by atoms with Crippen LogP contribution in [0.1, 0.15) is 31.4 Å². The molecule has 1 atom stereocenters. The highest BCUT2D eigenvalue weighted by molar-refractivity contribution is 7.22. The first-order valence-corrected chi connectivity index (χ1v) is 12.6. The molecule has 1 unspecified atom stereocenters. The van der Waals surface area contributed by atoms with Crippen LogP contribution in [0.4, 0.5) is 15.2 Å². The SMILES string of the molecule is CCN(CC)CCN(C(=O)C1CC(=O)N(c2ccc(F)cc2)C1)c1nc2c(C)cc(C)cc2s1. The average Bonchev–Trinajstić information content (AvgIpc) is 3.41. The Labute approximate surface area is 204 Å². The smallest absolute Gasteiger partial charge is 0.234 e. The lowest BCUT2D eigenvalue weighted by atomic mass is 10.1. The maximum Gasteiger partial charge on any atom is 0.234 e. The first-order valence-electron chi connectivity index (χ1n) is 11.8. The van der Waals surface area contributed by atoms with E-state index in [2.05, 4.69) is 37.8 Å². The van der Waals surface area contributed by atoms with Gasteiger partial charge in [0.1, 0.15) is 5.82 Å². The van der Waals surface area contributed by atoms with Crippen LogP contribution in [-0.2, 0) is 9.59 Å². The molecule has 0 radical (unpaired) electrons. The molecular weight excluding hydrogens is 451 g/mol. The number of aryl methyl sites for hydroxylation is 2. The van der Waals surface area contributed by atoms with Gasteiger partial charge in [0.25, 0.3) is 0 Å². The quantitative estimate of drug-likeness (QED) is 0.464. The summed E-state index contributed by atoms with van der Waals surface area (Å²) >= 11 is 1.52. The van der Waals surface area contributed by atoms with E-state index in [0.29, 0.717) is 17.4 Å². The number of halogens is 1. The zero-order chi connectivity index (χ0) is 24.4. The Balaban J connectivity index is 1.62. The van der Waals surface area contributed by atoms with Gasteiger partial charge in [-0.15, -0.1) is 0 Å². The molecule has 1 aliphatic rings. The Morgan fingerprint density at radius 3 is 2.53 bits per heavy atom. The molecule has 0 saturated carbocycles. The first kappa shape index (κ1) is 24.3. The summed E-state index contributed by atoms with van der Waals surface area (Å²) in [5, 5.41) is 0.675. The second-order valence-electron chi connectivity index (χ2n) is 8.82. The Hall–Kier alpha value is -2.84. The Kier molecular flexibility index (Phi) is 7.28. The van der Waals surface area contributed by atoms with Gasteiger partial charge in [0.05, 0.1) is 16.1 Å². The second kappa shape index (κ2) is 10.2. The maximum atomic E-state index is 13.8. The lowest BCUT2D eigenvalue weighted by Crippen LogP contribution is -2.42. The van der Waals surface area contributed by atoms with Crippen molar-refractivity contribution in [1.82, 2.24) is 9.88 Å². The van der Waals surface area contributed by atoms with Gasteiger partial charge in [-0.25, -0.2) is 9.37 Å². The number of aromatic nitrogens is 1. The van der Waals surface area contributed by atoms with Crippen LogP contribution in [-0.4, -0.2) is 54.4 Å². The van der Waals surface area contributed by atoms with Crippen LogP contribution in [0.5, 0.6) is 0 Å². The van der Waals surface area contributed by atoms with E-state index in [1.165, 1.54) is 23.5 Å². The summed E-state index contributed by atoms with van der Waals surface area (Å²) in [6.07, 6.45) is 0.140. The van der Waals surface area contributed by atoms with Crippen LogP contribution in [0.25, 0.3) is 10.2 Å². The van der Waals surface area contributed by atoms with Gasteiger partial charge < -0.3 is 9.80 Å². The minimum atomic E-state index is -0.468. The number of nitrogens with zero attached hydrogens (tertiary/aromatic N) is 4. The topological polar surface area (TPSA) is 56.8 Å². The normalized spacial score (nSPS) is 16.1. The highest BCUT2D eigenvalue weighted by atomic mass is 32.1. The highest BCUT2D eigenvalue weighted by Gasteiger charge is 2.38. The van der Waals surface area contributed by atoms with E-state index >= 15 is 0 Å². The third kappa shape index (κ3) is 4.98. The third-order valence-electron chi connectivity index (χ3n) is 6.46. The summed E-state index contributed by atoms with van der Waals surface area (Å²) in [6, 6.07) is 10.0. The lowest BCUT2D eigenvalue weighted by molar-refractivity contribution is -0.124. The van der Waals surface area contributed by atoms with Crippen molar-refractivity contribution >= 4 is 44.2 Å². The molecular formula is C26H31FN4O2S. The van der Waals surface area contributed by atoms with Crippen molar-refractivity contribution in [2.24, 2.45) is 5.92 Å². The second-order valence-corrected chi connectivity index (χ2v) is 9.83. The number of carbonyl (C=O) groups excluding carboxylic acids is 2. The zero-order valence-electron chi connectivity index (χ0n) is 20.2. The summed E-state index contributed by atoms with van der Waals surface area (Å²) in [4.78, 5) is 37.0. The molecule has 8 heteroatoms. The summed E-state index contributed by atoms with van der Waals surface area (Å²) in [7, 11) is 0. The molecule has 6 nitrogen and oxygen atoms in total. The number of fused-ring (bicyclic) bond motifs is 1. The van der Waals surface area contributed by atoms with Crippen molar-refractivity contribution in [1.29, 1.82) is 0 Å². The molecule has 0 aliphatic carbocycles. The summed E-state index contributed by atoms with van der Waals surface area (Å²) < 4.78 is 14.4. The Bertz CT molecular complexity index is 1190. The van der Waals surface area contributed by atoms with E-state index < -0.39 is 5.92 Å². The maximum absolute atomic E-state index is 13.8. The largest absolute Gasteiger partial charge is 0.312 e. The van der Waals surface area contributed by atoms with E-state index in [1.807, 2.05) is 6.92 Å². The number of likely N-dealkylation sites (N-methyl/N-ethyl adjacent to an activating group) is 1. The lowest BCUT2D eigenvalue weighted by Gasteiger charge is -2.26. The van der Waals surface area contributed by atoms with Crippen molar-refractivity contribution in [3.8, 4) is 0 Å². The number of rotatable bonds is 8. The number of carbonyl (C=O) groups is 2. The third-order valence-corrected chi connectivity index (χ3v) is 7.49. The fraction of sp³-hybridized carbons (Fsp3) is 0.423. The zero-order valence-corrected chi connectivity index (χ0v) is 21.0. The van der Waals surface area contributed by atoms with Crippen LogP contribution < -0.4 is 9.80 Å². The van der Waals surface area contributed by atoms with Gasteiger partial charge in [-0.05, 0) is 68.4 Å². The van der Waals surface area contributed by atoms with Gasteiger partial charge in [-0.3, -0.25) is 14.5 Å². The predicted molar refractivity (Wildman–Crippen MR) is 136 cm³/mol. The van der Waals surface area contributed by atoms with E-state index in [9.17, 15) is 14.0 Å². The van der Waals surface area contributed by atoms with Gasteiger partial charge in [0.2, 0.25) is 11.8 Å². The minimum Gasteiger partial charge on any atom is -0.312 e. The van der Waals surface area contributed by atoms with E-state index in [4.69, 9.17) is 4.98 Å². The van der Waals surface area contributed by atoms with Crippen LogP contribution in [0.2, 0.25) is 0 Å². The van der Waals surface area contributed by atoms with E-state index in [0.717, 1.165) is 41.0 Å². The molecule has 180 valence electrons. The molecule has 1 aliphatic heterocycles. The molecule has 0 bridgehead atoms. The number of hydrogen-bond donors (Lipinski definition) is 0. The summed E-state index contributed by atoms with van der Waals surface area (Å²) in [5.74, 6) is -1.03. The molecule has 1 fully saturated rings. The number of thiazole rings is 1. The molecule has 0 N–H and O–H groups in total. The number of benzene rings is 2. The number of anilines is 2. The molecule has 3 aromatic rings. The van der Waals surface area contributed by atoms with Crippen molar-refractivity contribution < 1.29 is 14.0 Å². The standard InChI is InChI=1S/C26H31FN4O2S/c1-5-29(6-2)11-12-30(26-28-24-18(4)13-17(3)14-22(24)34-26)25(33)19-15-23(32)31(16-19)21-9-7-20(27)8-10-21/h7-10,13-14,19H,5-6,11-12,15-16H2,1-4H3. The highest BCUT2D eigenvalue weighted by Crippen LogP contribution is 2.34. The van der Waals surface area contributed by atoms with Crippen molar-refractivity contribution in [3.63, 3.8) is 0 Å². The number of hydrogen-bond acceptors (Lipinski definition) is 5. The van der Waals surface area contributed by atoms with Gasteiger partial charge in [-0.1, -0.05) is 31.3 Å².